The van der Waals surface area contributed by atoms with Crippen molar-refractivity contribution in [2.45, 2.75) is 19.4 Å². The number of carbonyl (C=O) groups excluding carboxylic acids is 2. The van der Waals surface area contributed by atoms with Crippen LogP contribution >= 0.6 is 0 Å². The van der Waals surface area contributed by atoms with Crippen molar-refractivity contribution in [2.24, 2.45) is 0 Å². The smallest absolute Gasteiger partial charge is 0.294 e. The first kappa shape index (κ1) is 15.9. The van der Waals surface area contributed by atoms with Crippen molar-refractivity contribution in [3.63, 3.8) is 0 Å². The van der Waals surface area contributed by atoms with Crippen molar-refractivity contribution >= 4 is 17.4 Å². The number of aliphatic hydroxyl groups excluding tert-OH is 1. The molecule has 0 aliphatic carbocycles. The molecule has 2 aromatic rings. The summed E-state index contributed by atoms with van der Waals surface area (Å²) in [5, 5.41) is 10.1. The van der Waals surface area contributed by atoms with Crippen molar-refractivity contribution in [1.29, 1.82) is 0 Å². The van der Waals surface area contributed by atoms with Crippen LogP contribution in [0.2, 0.25) is 0 Å². The minimum absolute atomic E-state index is 0.0453. The number of aliphatic hydroxyl groups is 1. The van der Waals surface area contributed by atoms with Gasteiger partial charge >= 0.3 is 0 Å². The molecule has 1 aliphatic heterocycles. The van der Waals surface area contributed by atoms with Gasteiger partial charge in [0, 0.05) is 12.5 Å². The summed E-state index contributed by atoms with van der Waals surface area (Å²) in [5.74, 6) is -3.77. The highest BCUT2D eigenvalue weighted by Gasteiger charge is 2.46. The fraction of sp³-hybridized carbons (Fsp3) is 0.176. The molecule has 1 N–H and O–H groups in total. The molecule has 1 aromatic carbocycles. The third-order valence-corrected chi connectivity index (χ3v) is 3.81. The molecule has 0 saturated carbocycles. The summed E-state index contributed by atoms with van der Waals surface area (Å²) in [6.07, 6.45) is 1.38. The summed E-state index contributed by atoms with van der Waals surface area (Å²) in [7, 11) is 0. The van der Waals surface area contributed by atoms with E-state index in [4.69, 9.17) is 4.42 Å². The van der Waals surface area contributed by atoms with Crippen LogP contribution in [0.25, 0.3) is 0 Å². The summed E-state index contributed by atoms with van der Waals surface area (Å²) in [5.41, 5.74) is -0.422. The van der Waals surface area contributed by atoms with E-state index < -0.39 is 35.1 Å². The number of carbonyl (C=O) groups is 2. The topological polar surface area (TPSA) is 70.8 Å². The lowest BCUT2D eigenvalue weighted by Crippen LogP contribution is -2.31. The quantitative estimate of drug-likeness (QED) is 0.930. The molecule has 0 radical (unpaired) electrons. The Balaban J connectivity index is 2.18. The Hall–Kier alpha value is -2.96. The first-order chi connectivity index (χ1) is 11.5. The van der Waals surface area contributed by atoms with Crippen LogP contribution in [0.3, 0.4) is 0 Å². The van der Waals surface area contributed by atoms with Gasteiger partial charge in [0.25, 0.3) is 5.91 Å². The summed E-state index contributed by atoms with van der Waals surface area (Å²) in [6.45, 7) is 1.58. The molecule has 2 heterocycles. The van der Waals surface area contributed by atoms with Crippen LogP contribution in [0.15, 0.2) is 52.3 Å². The van der Waals surface area contributed by atoms with Crippen molar-refractivity contribution in [3.05, 3.63) is 65.3 Å². The zero-order valence-electron chi connectivity index (χ0n) is 12.6. The molecule has 5 nitrogen and oxygen atoms in total. The Kier molecular flexibility index (Phi) is 3.92. The SMILES string of the molecule is CCC(=O)C1=C(O)C(=O)N(c2ccc(F)cc2F)C1c1ccco1. The lowest BCUT2D eigenvalue weighted by molar-refractivity contribution is -0.118. The maximum atomic E-state index is 14.2. The fourth-order valence-electron chi connectivity index (χ4n) is 2.72. The zero-order chi connectivity index (χ0) is 17.4. The molecule has 24 heavy (non-hydrogen) atoms. The van der Waals surface area contributed by atoms with Gasteiger partial charge in [-0.15, -0.1) is 0 Å². The van der Waals surface area contributed by atoms with Crippen molar-refractivity contribution < 1.29 is 27.9 Å². The number of benzene rings is 1. The number of halogens is 2. The van der Waals surface area contributed by atoms with E-state index >= 15 is 0 Å². The average Bonchev–Trinajstić information content (AvgIpc) is 3.15. The molecule has 1 atom stereocenters. The molecule has 3 rings (SSSR count). The maximum Gasteiger partial charge on any atom is 0.294 e. The molecular formula is C17H13F2NO4. The average molecular weight is 333 g/mol. The van der Waals surface area contributed by atoms with Crippen LogP contribution in [-0.4, -0.2) is 16.8 Å². The Morgan fingerprint density at radius 3 is 2.67 bits per heavy atom. The van der Waals surface area contributed by atoms with Gasteiger partial charge in [-0.1, -0.05) is 6.92 Å². The molecule has 124 valence electrons. The summed E-state index contributed by atoms with van der Waals surface area (Å²) in [4.78, 5) is 25.5. The monoisotopic (exact) mass is 333 g/mol. The van der Waals surface area contributed by atoms with Gasteiger partial charge in [0.1, 0.15) is 23.4 Å². The number of hydrogen-bond acceptors (Lipinski definition) is 4. The van der Waals surface area contributed by atoms with Gasteiger partial charge in [-0.2, -0.15) is 0 Å². The molecule has 1 aliphatic rings. The van der Waals surface area contributed by atoms with Gasteiger partial charge in [0.2, 0.25) is 0 Å². The van der Waals surface area contributed by atoms with Crippen LogP contribution in [0.4, 0.5) is 14.5 Å². The number of ketones is 1. The number of furan rings is 1. The van der Waals surface area contributed by atoms with Gasteiger partial charge < -0.3 is 9.52 Å². The third-order valence-electron chi connectivity index (χ3n) is 3.81. The van der Waals surface area contributed by atoms with Crippen LogP contribution in [-0.2, 0) is 9.59 Å². The van der Waals surface area contributed by atoms with E-state index in [2.05, 4.69) is 0 Å². The number of anilines is 1. The molecule has 1 amide bonds. The highest BCUT2D eigenvalue weighted by molar-refractivity contribution is 6.16. The Labute approximate surface area is 135 Å². The minimum Gasteiger partial charge on any atom is -0.503 e. The van der Waals surface area contributed by atoms with E-state index in [-0.39, 0.29) is 23.4 Å². The molecule has 1 aromatic heterocycles. The van der Waals surface area contributed by atoms with Gasteiger partial charge in [-0.05, 0) is 24.3 Å². The highest BCUT2D eigenvalue weighted by atomic mass is 19.1. The molecule has 0 spiro atoms. The second kappa shape index (κ2) is 5.92. The van der Waals surface area contributed by atoms with Gasteiger partial charge in [0.05, 0.1) is 17.5 Å². The van der Waals surface area contributed by atoms with Crippen molar-refractivity contribution in [3.8, 4) is 0 Å². The zero-order valence-corrected chi connectivity index (χ0v) is 12.6. The Morgan fingerprint density at radius 1 is 1.33 bits per heavy atom. The molecule has 0 saturated heterocycles. The molecule has 7 heteroatoms. The van der Waals surface area contributed by atoms with E-state index in [1.165, 1.54) is 12.3 Å². The largest absolute Gasteiger partial charge is 0.503 e. The van der Waals surface area contributed by atoms with Crippen LogP contribution in [0.1, 0.15) is 25.1 Å². The van der Waals surface area contributed by atoms with Crippen LogP contribution < -0.4 is 4.90 Å². The number of rotatable bonds is 4. The van der Waals surface area contributed by atoms with Crippen LogP contribution in [0.5, 0.6) is 0 Å². The van der Waals surface area contributed by atoms with E-state index in [0.717, 1.165) is 17.0 Å². The fourth-order valence-corrected chi connectivity index (χ4v) is 2.72. The number of hydrogen-bond donors (Lipinski definition) is 1. The summed E-state index contributed by atoms with van der Waals surface area (Å²) < 4.78 is 32.6. The first-order valence-electron chi connectivity index (χ1n) is 7.24. The Bertz CT molecular complexity index is 842. The lowest BCUT2D eigenvalue weighted by Gasteiger charge is -2.25. The third kappa shape index (κ3) is 2.38. The predicted octanol–water partition coefficient (Wildman–Crippen LogP) is 3.44. The van der Waals surface area contributed by atoms with E-state index in [1.54, 1.807) is 13.0 Å². The van der Waals surface area contributed by atoms with Gasteiger partial charge in [-0.25, -0.2) is 8.78 Å². The maximum absolute atomic E-state index is 14.2. The summed E-state index contributed by atoms with van der Waals surface area (Å²) >= 11 is 0. The van der Waals surface area contributed by atoms with Gasteiger partial charge in [0.15, 0.2) is 11.5 Å². The standard InChI is InChI=1S/C17H13F2NO4/c1-2-12(21)14-15(13-4-3-7-24-13)20(17(23)16(14)22)11-6-5-9(18)8-10(11)19/h3-8,15,22H,2H2,1H3. The molecule has 1 unspecified atom stereocenters. The minimum atomic E-state index is -1.11. The predicted molar refractivity (Wildman–Crippen MR) is 80.2 cm³/mol. The van der Waals surface area contributed by atoms with E-state index in [9.17, 15) is 23.5 Å². The number of Topliss-reactive ketones (excluding diaryl/α,β-unsaturated/α-hetero) is 1. The molecular weight excluding hydrogens is 320 g/mol. The second-order valence-electron chi connectivity index (χ2n) is 5.23. The Morgan fingerprint density at radius 2 is 2.08 bits per heavy atom. The molecule has 0 bridgehead atoms. The van der Waals surface area contributed by atoms with Gasteiger partial charge in [-0.3, -0.25) is 14.5 Å². The molecule has 0 fully saturated rings. The second-order valence-corrected chi connectivity index (χ2v) is 5.23. The van der Waals surface area contributed by atoms with E-state index in [0.29, 0.717) is 6.07 Å². The summed E-state index contributed by atoms with van der Waals surface area (Å²) in [6, 6.07) is 4.63. The normalized spacial score (nSPS) is 17.7. The van der Waals surface area contributed by atoms with Crippen molar-refractivity contribution in [2.75, 3.05) is 4.90 Å². The highest BCUT2D eigenvalue weighted by Crippen LogP contribution is 2.42. The number of nitrogens with zero attached hydrogens (tertiary/aromatic N) is 1. The van der Waals surface area contributed by atoms with E-state index in [1.807, 2.05) is 0 Å². The first-order valence-corrected chi connectivity index (χ1v) is 7.24. The number of amides is 1. The lowest BCUT2D eigenvalue weighted by atomic mass is 9.99. The van der Waals surface area contributed by atoms with Crippen LogP contribution in [0, 0.1) is 11.6 Å². The van der Waals surface area contributed by atoms with Crippen molar-refractivity contribution in [1.82, 2.24) is 0 Å².